The van der Waals surface area contributed by atoms with Crippen LogP contribution in [0.5, 0.6) is 0 Å². The lowest BCUT2D eigenvalue weighted by Gasteiger charge is -2.38. The number of pyridine rings is 1. The third-order valence-corrected chi connectivity index (χ3v) is 4.80. The molecule has 0 radical (unpaired) electrons. The van der Waals surface area contributed by atoms with E-state index in [4.69, 9.17) is 0 Å². The van der Waals surface area contributed by atoms with Gasteiger partial charge in [0.05, 0.1) is 6.04 Å². The second kappa shape index (κ2) is 7.28. The number of carbonyl (C=O) groups excluding carboxylic acids is 2. The minimum Gasteiger partial charge on any atom is -0.334 e. The van der Waals surface area contributed by atoms with Gasteiger partial charge in [-0.2, -0.15) is 0 Å². The molecule has 2 heterocycles. The van der Waals surface area contributed by atoms with Crippen molar-refractivity contribution in [1.82, 2.24) is 15.2 Å². The molecule has 1 aliphatic rings. The fourth-order valence-electron chi connectivity index (χ4n) is 2.37. The lowest BCUT2D eigenvalue weighted by atomic mass is 10.1. The molecule has 3 amide bonds. The first-order chi connectivity index (χ1) is 11.2. The van der Waals surface area contributed by atoms with Gasteiger partial charge < -0.3 is 5.32 Å². The third kappa shape index (κ3) is 3.90. The molecule has 23 heavy (non-hydrogen) atoms. The van der Waals surface area contributed by atoms with Gasteiger partial charge >= 0.3 is 6.03 Å². The molecule has 1 aromatic heterocycles. The number of amides is 3. The summed E-state index contributed by atoms with van der Waals surface area (Å²) in [6.45, 7) is 0.393. The Kier molecular flexibility index (Phi) is 4.92. The smallest absolute Gasteiger partial charge is 0.324 e. The second-order valence-corrected chi connectivity index (χ2v) is 6.35. The highest BCUT2D eigenvalue weighted by Crippen LogP contribution is 2.27. The molecule has 0 aliphatic carbocycles. The van der Waals surface area contributed by atoms with E-state index in [0.717, 1.165) is 16.2 Å². The zero-order valence-electron chi connectivity index (χ0n) is 12.5. The number of carbonyl (C=O) groups is 2. The van der Waals surface area contributed by atoms with Gasteiger partial charge in [0, 0.05) is 36.0 Å². The molecule has 0 spiro atoms. The first-order valence-electron chi connectivity index (χ1n) is 7.40. The first-order valence-corrected chi connectivity index (χ1v) is 8.39. The van der Waals surface area contributed by atoms with Gasteiger partial charge in [-0.3, -0.25) is 14.7 Å². The summed E-state index contributed by atoms with van der Waals surface area (Å²) in [5, 5.41) is 2.79. The van der Waals surface area contributed by atoms with E-state index in [1.165, 1.54) is 4.90 Å². The summed E-state index contributed by atoms with van der Waals surface area (Å²) in [5.41, 5.74) is 0.955. The number of urea groups is 1. The molecule has 0 bridgehead atoms. The molecule has 1 fully saturated rings. The minimum atomic E-state index is -0.322. The summed E-state index contributed by atoms with van der Waals surface area (Å²) in [4.78, 5) is 30.4. The van der Waals surface area contributed by atoms with Crippen molar-refractivity contribution in [2.75, 3.05) is 5.75 Å². The Morgan fingerprint density at radius 3 is 2.65 bits per heavy atom. The van der Waals surface area contributed by atoms with Crippen LogP contribution in [0.25, 0.3) is 0 Å². The van der Waals surface area contributed by atoms with Gasteiger partial charge in [0.15, 0.2) is 0 Å². The van der Waals surface area contributed by atoms with Crippen molar-refractivity contribution in [2.24, 2.45) is 0 Å². The van der Waals surface area contributed by atoms with Gasteiger partial charge in [0.25, 0.3) is 0 Å². The highest BCUT2D eigenvalue weighted by atomic mass is 32.2. The number of benzene rings is 1. The fourth-order valence-corrected chi connectivity index (χ4v) is 3.37. The average Bonchev–Trinajstić information content (AvgIpc) is 2.58. The predicted molar refractivity (Wildman–Crippen MR) is 88.9 cm³/mol. The van der Waals surface area contributed by atoms with Crippen LogP contribution >= 0.6 is 11.8 Å². The number of nitrogens with zero attached hydrogens (tertiary/aromatic N) is 2. The van der Waals surface area contributed by atoms with Crippen LogP contribution in [0.3, 0.4) is 0 Å². The van der Waals surface area contributed by atoms with Gasteiger partial charge in [-0.05, 0) is 29.8 Å². The number of thioether (sulfide) groups is 1. The highest BCUT2D eigenvalue weighted by Gasteiger charge is 2.40. The SMILES string of the molecule is O=C1CC(CSc2ccccc2)N1C(=O)NCc1ccncc1. The van der Waals surface area contributed by atoms with Crippen LogP contribution in [0.4, 0.5) is 4.79 Å². The van der Waals surface area contributed by atoms with E-state index >= 15 is 0 Å². The number of imide groups is 1. The lowest BCUT2D eigenvalue weighted by Crippen LogP contribution is -2.59. The predicted octanol–water partition coefficient (Wildman–Crippen LogP) is 2.68. The Morgan fingerprint density at radius 2 is 1.96 bits per heavy atom. The van der Waals surface area contributed by atoms with Gasteiger partial charge in [-0.15, -0.1) is 11.8 Å². The normalized spacial score (nSPS) is 16.8. The molecule has 1 aliphatic heterocycles. The molecule has 1 aromatic carbocycles. The van der Waals surface area contributed by atoms with Gasteiger partial charge in [0.2, 0.25) is 5.91 Å². The largest absolute Gasteiger partial charge is 0.334 e. The number of likely N-dealkylation sites (tertiary alicyclic amines) is 1. The number of aromatic nitrogens is 1. The van der Waals surface area contributed by atoms with Crippen molar-refractivity contribution < 1.29 is 9.59 Å². The summed E-state index contributed by atoms with van der Waals surface area (Å²) < 4.78 is 0. The Hall–Kier alpha value is -2.34. The number of rotatable bonds is 5. The van der Waals surface area contributed by atoms with Crippen LogP contribution in [0.15, 0.2) is 59.8 Å². The van der Waals surface area contributed by atoms with Crippen LogP contribution in [-0.4, -0.2) is 33.6 Å². The average molecular weight is 327 g/mol. The monoisotopic (exact) mass is 327 g/mol. The van der Waals surface area contributed by atoms with E-state index in [1.807, 2.05) is 42.5 Å². The van der Waals surface area contributed by atoms with E-state index < -0.39 is 0 Å². The maximum absolute atomic E-state index is 12.2. The summed E-state index contributed by atoms with van der Waals surface area (Å²) in [5.74, 6) is 0.606. The van der Waals surface area contributed by atoms with Crippen LogP contribution in [0.1, 0.15) is 12.0 Å². The molecular formula is C17H17N3O2S. The Balaban J connectivity index is 1.51. The second-order valence-electron chi connectivity index (χ2n) is 5.26. The van der Waals surface area contributed by atoms with E-state index in [1.54, 1.807) is 24.2 Å². The Bertz CT molecular complexity index is 679. The number of hydrogen-bond donors (Lipinski definition) is 1. The zero-order valence-corrected chi connectivity index (χ0v) is 13.3. The minimum absolute atomic E-state index is 0.0369. The van der Waals surface area contributed by atoms with Crippen LogP contribution in [-0.2, 0) is 11.3 Å². The molecule has 1 N–H and O–H groups in total. The van der Waals surface area contributed by atoms with Gasteiger partial charge in [-0.25, -0.2) is 4.79 Å². The van der Waals surface area contributed by atoms with E-state index in [-0.39, 0.29) is 18.0 Å². The Labute approximate surface area is 139 Å². The number of hydrogen-bond acceptors (Lipinski definition) is 4. The van der Waals surface area contributed by atoms with E-state index in [2.05, 4.69) is 10.3 Å². The van der Waals surface area contributed by atoms with Crippen molar-refractivity contribution in [2.45, 2.75) is 23.9 Å². The van der Waals surface area contributed by atoms with Crippen molar-refractivity contribution in [3.63, 3.8) is 0 Å². The molecular weight excluding hydrogens is 310 g/mol. The maximum Gasteiger partial charge on any atom is 0.324 e. The quantitative estimate of drug-likeness (QED) is 0.677. The molecule has 118 valence electrons. The van der Waals surface area contributed by atoms with Crippen molar-refractivity contribution in [1.29, 1.82) is 0 Å². The summed E-state index contributed by atoms with van der Waals surface area (Å²) >= 11 is 1.66. The molecule has 2 aromatic rings. The molecule has 5 nitrogen and oxygen atoms in total. The zero-order chi connectivity index (χ0) is 16.1. The molecule has 6 heteroatoms. The lowest BCUT2D eigenvalue weighted by molar-refractivity contribution is -0.139. The molecule has 1 atom stereocenters. The fraction of sp³-hybridized carbons (Fsp3) is 0.235. The van der Waals surface area contributed by atoms with Crippen LogP contribution in [0, 0.1) is 0 Å². The molecule has 3 rings (SSSR count). The summed E-state index contributed by atoms with van der Waals surface area (Å²) in [6, 6.07) is 13.3. The van der Waals surface area contributed by atoms with Crippen molar-refractivity contribution >= 4 is 23.7 Å². The van der Waals surface area contributed by atoms with Crippen molar-refractivity contribution in [3.05, 3.63) is 60.4 Å². The number of nitrogens with one attached hydrogen (secondary N) is 1. The first kappa shape index (κ1) is 15.6. The topological polar surface area (TPSA) is 62.3 Å². The van der Waals surface area contributed by atoms with Crippen LogP contribution < -0.4 is 5.32 Å². The van der Waals surface area contributed by atoms with Crippen molar-refractivity contribution in [3.8, 4) is 0 Å². The number of β-lactam (4-membered cyclic amide) rings is 1. The van der Waals surface area contributed by atoms with Gasteiger partial charge in [-0.1, -0.05) is 18.2 Å². The molecule has 1 unspecified atom stereocenters. The molecule has 0 saturated carbocycles. The van der Waals surface area contributed by atoms with Crippen LogP contribution in [0.2, 0.25) is 0 Å². The maximum atomic E-state index is 12.2. The summed E-state index contributed by atoms with van der Waals surface area (Å²) in [7, 11) is 0. The molecule has 1 saturated heterocycles. The van der Waals surface area contributed by atoms with Gasteiger partial charge in [0.1, 0.15) is 0 Å². The van der Waals surface area contributed by atoms with E-state index in [9.17, 15) is 9.59 Å². The van der Waals surface area contributed by atoms with E-state index in [0.29, 0.717) is 13.0 Å². The third-order valence-electron chi connectivity index (χ3n) is 3.64. The standard InChI is InChI=1S/C17H17N3O2S/c21-16-10-14(12-23-15-4-2-1-3-5-15)20(16)17(22)19-11-13-6-8-18-9-7-13/h1-9,14H,10-12H2,(H,19,22). The summed E-state index contributed by atoms with van der Waals surface area (Å²) in [6.07, 6.45) is 3.79. The Morgan fingerprint density at radius 1 is 1.22 bits per heavy atom. The highest BCUT2D eigenvalue weighted by molar-refractivity contribution is 7.99.